The highest BCUT2D eigenvalue weighted by Crippen LogP contribution is 2.22. The van der Waals surface area contributed by atoms with Crippen LogP contribution < -0.4 is 11.1 Å². The Bertz CT molecular complexity index is 508. The van der Waals surface area contributed by atoms with Gasteiger partial charge in [0.25, 0.3) is 0 Å². The van der Waals surface area contributed by atoms with Gasteiger partial charge in [-0.3, -0.25) is 0 Å². The molecule has 0 fully saturated rings. The Morgan fingerprint density at radius 1 is 1.24 bits per heavy atom. The second-order valence-electron chi connectivity index (χ2n) is 4.02. The predicted octanol–water partition coefficient (Wildman–Crippen LogP) is 2.55. The molecule has 0 aliphatic heterocycles. The zero-order chi connectivity index (χ0) is 12.3. The molecule has 0 spiro atoms. The lowest BCUT2D eigenvalue weighted by Crippen LogP contribution is -2.08. The molecule has 17 heavy (non-hydrogen) atoms. The normalized spacial score (nSPS) is 12.2. The summed E-state index contributed by atoms with van der Waals surface area (Å²) in [7, 11) is 0. The van der Waals surface area contributed by atoms with Gasteiger partial charge in [0.1, 0.15) is 0 Å². The van der Waals surface area contributed by atoms with E-state index in [1.54, 1.807) is 6.20 Å². The number of benzene rings is 1. The molecule has 2 aromatic rings. The fraction of sp³-hybridized carbons (Fsp3) is 0.231. The van der Waals surface area contributed by atoms with Gasteiger partial charge in [-0.1, -0.05) is 18.2 Å². The number of hydrogen-bond acceptors (Lipinski definition) is 4. The maximum atomic E-state index is 5.92. The molecule has 1 heterocycles. The molecule has 0 aliphatic carbocycles. The van der Waals surface area contributed by atoms with Crippen molar-refractivity contribution in [2.75, 3.05) is 5.32 Å². The van der Waals surface area contributed by atoms with Crippen molar-refractivity contribution in [2.24, 2.45) is 5.73 Å². The van der Waals surface area contributed by atoms with Gasteiger partial charge in [-0.05, 0) is 31.5 Å². The molecule has 0 bridgehead atoms. The minimum absolute atomic E-state index is 0.0245. The van der Waals surface area contributed by atoms with Crippen LogP contribution in [-0.2, 0) is 0 Å². The SMILES string of the molecule is Cc1ccnc(Nc2ccccc2C(C)N)n1. The Balaban J connectivity index is 2.30. The Morgan fingerprint density at radius 3 is 2.71 bits per heavy atom. The Labute approximate surface area is 101 Å². The Kier molecular flexibility index (Phi) is 3.35. The summed E-state index contributed by atoms with van der Waals surface area (Å²) in [6, 6.07) is 9.75. The topological polar surface area (TPSA) is 63.8 Å². The van der Waals surface area contributed by atoms with E-state index in [9.17, 15) is 0 Å². The summed E-state index contributed by atoms with van der Waals surface area (Å²) in [5.74, 6) is 0.595. The van der Waals surface area contributed by atoms with Gasteiger partial charge in [-0.15, -0.1) is 0 Å². The molecule has 0 radical (unpaired) electrons. The van der Waals surface area contributed by atoms with Crippen molar-refractivity contribution < 1.29 is 0 Å². The molecule has 0 aliphatic rings. The van der Waals surface area contributed by atoms with E-state index in [-0.39, 0.29) is 6.04 Å². The molecule has 4 heteroatoms. The van der Waals surface area contributed by atoms with Crippen LogP contribution >= 0.6 is 0 Å². The number of nitrogens with zero attached hydrogens (tertiary/aromatic N) is 2. The molecule has 1 aromatic carbocycles. The number of hydrogen-bond donors (Lipinski definition) is 2. The van der Waals surface area contributed by atoms with Gasteiger partial charge in [0.05, 0.1) is 0 Å². The van der Waals surface area contributed by atoms with Crippen molar-refractivity contribution >= 4 is 11.6 Å². The standard InChI is InChI=1S/C13H16N4/c1-9-7-8-15-13(16-9)17-12-6-4-3-5-11(12)10(2)14/h3-8,10H,14H2,1-2H3,(H,15,16,17). The van der Waals surface area contributed by atoms with Crippen molar-refractivity contribution in [2.45, 2.75) is 19.9 Å². The van der Waals surface area contributed by atoms with Crippen molar-refractivity contribution in [3.63, 3.8) is 0 Å². The maximum Gasteiger partial charge on any atom is 0.227 e. The van der Waals surface area contributed by atoms with Crippen molar-refractivity contribution in [3.8, 4) is 0 Å². The first-order valence-electron chi connectivity index (χ1n) is 5.58. The molecular formula is C13H16N4. The summed E-state index contributed by atoms with van der Waals surface area (Å²) in [6.07, 6.45) is 1.74. The third-order valence-corrected chi connectivity index (χ3v) is 2.49. The lowest BCUT2D eigenvalue weighted by molar-refractivity contribution is 0.820. The molecule has 0 amide bonds. The minimum Gasteiger partial charge on any atom is -0.324 e. The third-order valence-electron chi connectivity index (χ3n) is 2.49. The first kappa shape index (κ1) is 11.5. The first-order chi connectivity index (χ1) is 8.16. The van der Waals surface area contributed by atoms with Crippen LogP contribution in [0.4, 0.5) is 11.6 Å². The number of rotatable bonds is 3. The molecule has 2 rings (SSSR count). The van der Waals surface area contributed by atoms with Gasteiger partial charge < -0.3 is 11.1 Å². The third kappa shape index (κ3) is 2.79. The molecule has 3 N–H and O–H groups in total. The molecular weight excluding hydrogens is 212 g/mol. The van der Waals surface area contributed by atoms with Crippen LogP contribution in [0.2, 0.25) is 0 Å². The van der Waals surface area contributed by atoms with E-state index in [1.165, 1.54) is 0 Å². The smallest absolute Gasteiger partial charge is 0.227 e. The largest absolute Gasteiger partial charge is 0.324 e. The van der Waals surface area contributed by atoms with E-state index in [1.807, 2.05) is 44.2 Å². The number of aromatic nitrogens is 2. The molecule has 1 aromatic heterocycles. The van der Waals surface area contributed by atoms with Gasteiger partial charge in [-0.2, -0.15) is 0 Å². The second-order valence-corrected chi connectivity index (χ2v) is 4.02. The molecule has 4 nitrogen and oxygen atoms in total. The zero-order valence-electron chi connectivity index (χ0n) is 10.0. The summed E-state index contributed by atoms with van der Waals surface area (Å²) >= 11 is 0. The maximum absolute atomic E-state index is 5.92. The van der Waals surface area contributed by atoms with Gasteiger partial charge in [0.15, 0.2) is 0 Å². The molecule has 0 saturated carbocycles. The second kappa shape index (κ2) is 4.93. The number of anilines is 2. The average Bonchev–Trinajstić information content (AvgIpc) is 2.29. The lowest BCUT2D eigenvalue weighted by atomic mass is 10.1. The van der Waals surface area contributed by atoms with Gasteiger partial charge >= 0.3 is 0 Å². The molecule has 0 saturated heterocycles. The van der Waals surface area contributed by atoms with E-state index in [4.69, 9.17) is 5.73 Å². The summed E-state index contributed by atoms with van der Waals surface area (Å²) < 4.78 is 0. The van der Waals surface area contributed by atoms with Crippen LogP contribution in [0.5, 0.6) is 0 Å². The van der Waals surface area contributed by atoms with E-state index in [2.05, 4.69) is 15.3 Å². The summed E-state index contributed by atoms with van der Waals surface area (Å²) in [6.45, 7) is 3.89. The summed E-state index contributed by atoms with van der Waals surface area (Å²) in [5.41, 5.74) is 8.85. The van der Waals surface area contributed by atoms with Crippen LogP contribution in [0.15, 0.2) is 36.5 Å². The fourth-order valence-corrected chi connectivity index (χ4v) is 1.64. The highest BCUT2D eigenvalue weighted by atomic mass is 15.1. The molecule has 1 atom stereocenters. The van der Waals surface area contributed by atoms with E-state index in [0.29, 0.717) is 5.95 Å². The monoisotopic (exact) mass is 228 g/mol. The van der Waals surface area contributed by atoms with Crippen molar-refractivity contribution in [1.82, 2.24) is 9.97 Å². The van der Waals surface area contributed by atoms with Gasteiger partial charge in [0, 0.05) is 23.6 Å². The predicted molar refractivity (Wildman–Crippen MR) is 69.1 cm³/mol. The number of aryl methyl sites for hydroxylation is 1. The van der Waals surface area contributed by atoms with Crippen molar-refractivity contribution in [1.29, 1.82) is 0 Å². The average molecular weight is 228 g/mol. The van der Waals surface area contributed by atoms with E-state index >= 15 is 0 Å². The molecule has 88 valence electrons. The lowest BCUT2D eigenvalue weighted by Gasteiger charge is -2.13. The van der Waals surface area contributed by atoms with Gasteiger partial charge in [0.2, 0.25) is 5.95 Å². The summed E-state index contributed by atoms with van der Waals surface area (Å²) in [5, 5.41) is 3.19. The minimum atomic E-state index is -0.0245. The highest BCUT2D eigenvalue weighted by molar-refractivity contribution is 5.59. The van der Waals surface area contributed by atoms with Crippen LogP contribution in [-0.4, -0.2) is 9.97 Å². The Hall–Kier alpha value is -1.94. The zero-order valence-corrected chi connectivity index (χ0v) is 10.0. The fourth-order valence-electron chi connectivity index (χ4n) is 1.64. The Morgan fingerprint density at radius 2 is 2.00 bits per heavy atom. The molecule has 1 unspecified atom stereocenters. The highest BCUT2D eigenvalue weighted by Gasteiger charge is 2.06. The van der Waals surface area contributed by atoms with Gasteiger partial charge in [-0.25, -0.2) is 9.97 Å². The number of nitrogens with one attached hydrogen (secondary N) is 1. The number of nitrogens with two attached hydrogens (primary N) is 1. The summed E-state index contributed by atoms with van der Waals surface area (Å²) in [4.78, 5) is 8.48. The first-order valence-corrected chi connectivity index (χ1v) is 5.58. The quantitative estimate of drug-likeness (QED) is 0.847. The van der Waals surface area contributed by atoms with Crippen LogP contribution in [0.1, 0.15) is 24.2 Å². The van der Waals surface area contributed by atoms with E-state index < -0.39 is 0 Å². The van der Waals surface area contributed by atoms with Crippen LogP contribution in [0.3, 0.4) is 0 Å². The van der Waals surface area contributed by atoms with E-state index in [0.717, 1.165) is 16.9 Å². The van der Waals surface area contributed by atoms with Crippen molar-refractivity contribution in [3.05, 3.63) is 47.8 Å². The van der Waals surface area contributed by atoms with Crippen LogP contribution in [0.25, 0.3) is 0 Å². The number of para-hydroxylation sites is 1. The van der Waals surface area contributed by atoms with Crippen LogP contribution in [0, 0.1) is 6.92 Å².